The van der Waals surface area contributed by atoms with Gasteiger partial charge in [-0.1, -0.05) is 45.1 Å². The van der Waals surface area contributed by atoms with Crippen LogP contribution in [-0.2, 0) is 5.41 Å². The van der Waals surface area contributed by atoms with E-state index < -0.39 is 0 Å². The molecule has 0 aliphatic carbocycles. The highest BCUT2D eigenvalue weighted by Crippen LogP contribution is 2.23. The molecule has 0 aliphatic rings. The predicted molar refractivity (Wildman–Crippen MR) is 89.4 cm³/mol. The van der Waals surface area contributed by atoms with E-state index in [1.807, 2.05) is 19.1 Å². The summed E-state index contributed by atoms with van der Waals surface area (Å²) in [6.07, 6.45) is 1.78. The van der Waals surface area contributed by atoms with Crippen LogP contribution >= 0.6 is 12.2 Å². The van der Waals surface area contributed by atoms with Gasteiger partial charge in [0.2, 0.25) is 0 Å². The van der Waals surface area contributed by atoms with Crippen LogP contribution in [0.15, 0.2) is 42.6 Å². The van der Waals surface area contributed by atoms with Gasteiger partial charge < -0.3 is 5.32 Å². The van der Waals surface area contributed by atoms with Crippen molar-refractivity contribution in [2.45, 2.75) is 33.1 Å². The predicted octanol–water partition coefficient (Wildman–Crippen LogP) is 4.48. The fourth-order valence-corrected chi connectivity index (χ4v) is 2.14. The van der Waals surface area contributed by atoms with Crippen LogP contribution in [-0.4, -0.2) is 9.97 Å². The minimum atomic E-state index is 0.164. The molecule has 0 spiro atoms. The third-order valence-corrected chi connectivity index (χ3v) is 3.47. The summed E-state index contributed by atoms with van der Waals surface area (Å²) in [7, 11) is 0. The van der Waals surface area contributed by atoms with Gasteiger partial charge >= 0.3 is 0 Å². The smallest absolute Gasteiger partial charge is 0.129 e. The number of anilines is 1. The lowest BCUT2D eigenvalue weighted by molar-refractivity contribution is 0.590. The minimum absolute atomic E-state index is 0.164. The van der Waals surface area contributed by atoms with Crippen LogP contribution in [0.4, 0.5) is 5.69 Å². The lowest BCUT2D eigenvalue weighted by Crippen LogP contribution is -2.14. The second-order valence-electron chi connectivity index (χ2n) is 6.00. The van der Waals surface area contributed by atoms with Crippen molar-refractivity contribution in [3.63, 3.8) is 0 Å². The number of benzene rings is 1. The third kappa shape index (κ3) is 3.64. The molecule has 3 heteroatoms. The van der Waals surface area contributed by atoms with E-state index in [1.54, 1.807) is 6.20 Å². The third-order valence-electron chi connectivity index (χ3n) is 3.16. The van der Waals surface area contributed by atoms with E-state index >= 15 is 0 Å². The Hall–Kier alpha value is -1.74. The molecule has 1 aromatic heterocycles. The highest BCUT2D eigenvalue weighted by molar-refractivity contribution is 7.81. The zero-order valence-electron chi connectivity index (χ0n) is 12.4. The lowest BCUT2D eigenvalue weighted by atomic mass is 9.87. The minimum Gasteiger partial charge on any atom is -0.345 e. The van der Waals surface area contributed by atoms with Gasteiger partial charge in [0.05, 0.1) is 5.69 Å². The zero-order valence-corrected chi connectivity index (χ0v) is 13.2. The van der Waals surface area contributed by atoms with Crippen molar-refractivity contribution in [3.8, 4) is 0 Å². The van der Waals surface area contributed by atoms with Gasteiger partial charge in [-0.25, -0.2) is 0 Å². The Labute approximate surface area is 126 Å². The molecule has 0 aliphatic heterocycles. The first-order chi connectivity index (χ1) is 9.36. The second kappa shape index (κ2) is 5.71. The summed E-state index contributed by atoms with van der Waals surface area (Å²) in [6, 6.07) is 12.3. The Balaban J connectivity index is 2.12. The van der Waals surface area contributed by atoms with E-state index in [0.717, 1.165) is 16.9 Å². The van der Waals surface area contributed by atoms with Crippen molar-refractivity contribution in [2.75, 3.05) is 5.32 Å². The first kappa shape index (κ1) is 14.7. The fourth-order valence-electron chi connectivity index (χ4n) is 1.91. The van der Waals surface area contributed by atoms with Gasteiger partial charge in [-0.05, 0) is 47.7 Å². The Morgan fingerprint density at radius 3 is 2.30 bits per heavy atom. The first-order valence-corrected chi connectivity index (χ1v) is 7.11. The largest absolute Gasteiger partial charge is 0.345 e. The summed E-state index contributed by atoms with van der Waals surface area (Å²) in [5.41, 5.74) is 4.42. The Morgan fingerprint density at radius 1 is 1.10 bits per heavy atom. The van der Waals surface area contributed by atoms with E-state index in [4.69, 9.17) is 12.2 Å². The number of nitrogens with one attached hydrogen (secondary N) is 1. The van der Waals surface area contributed by atoms with Gasteiger partial charge in [0.15, 0.2) is 0 Å². The van der Waals surface area contributed by atoms with Crippen LogP contribution in [0.5, 0.6) is 0 Å². The molecule has 104 valence electrons. The van der Waals surface area contributed by atoms with Crippen LogP contribution in [0.3, 0.4) is 0 Å². The number of rotatable bonds is 2. The molecule has 2 aromatic rings. The summed E-state index contributed by atoms with van der Waals surface area (Å²) in [5.74, 6) is 0. The molecular formula is C17H20N2S. The highest BCUT2D eigenvalue weighted by atomic mass is 32.1. The molecule has 0 amide bonds. The molecule has 0 saturated carbocycles. The van der Waals surface area contributed by atoms with Crippen molar-refractivity contribution in [1.29, 1.82) is 0 Å². The number of thiocarbonyl (C=S) groups is 1. The lowest BCUT2D eigenvalue weighted by Gasteiger charge is -2.19. The Kier molecular flexibility index (Phi) is 4.19. The molecule has 1 N–H and O–H groups in total. The number of nitrogens with zero attached hydrogens (tertiary/aromatic N) is 1. The SMILES string of the molecule is Cc1ccnc(C(=S)Nc2ccc(C(C)(C)C)cc2)c1. The fraction of sp³-hybridized carbons (Fsp3) is 0.294. The average molecular weight is 284 g/mol. The standard InChI is InChI=1S/C17H20N2S/c1-12-9-10-18-15(11-12)16(20)19-14-7-5-13(6-8-14)17(2,3)4/h5-11H,1-4H3,(H,19,20). The van der Waals surface area contributed by atoms with Crippen molar-refractivity contribution >= 4 is 22.9 Å². The van der Waals surface area contributed by atoms with Crippen LogP contribution in [0.2, 0.25) is 0 Å². The van der Waals surface area contributed by atoms with Gasteiger partial charge in [-0.3, -0.25) is 4.98 Å². The zero-order chi connectivity index (χ0) is 14.8. The highest BCUT2D eigenvalue weighted by Gasteiger charge is 2.13. The molecule has 1 heterocycles. The molecule has 1 aromatic carbocycles. The summed E-state index contributed by atoms with van der Waals surface area (Å²) < 4.78 is 0. The Morgan fingerprint density at radius 2 is 1.75 bits per heavy atom. The van der Waals surface area contributed by atoms with Crippen molar-refractivity contribution in [2.24, 2.45) is 0 Å². The van der Waals surface area contributed by atoms with E-state index in [2.05, 4.69) is 55.3 Å². The quantitative estimate of drug-likeness (QED) is 0.823. The molecule has 0 atom stereocenters. The monoisotopic (exact) mass is 284 g/mol. The van der Waals surface area contributed by atoms with Crippen molar-refractivity contribution in [1.82, 2.24) is 4.98 Å². The van der Waals surface area contributed by atoms with E-state index in [1.165, 1.54) is 5.56 Å². The summed E-state index contributed by atoms with van der Waals surface area (Å²) in [4.78, 5) is 4.94. The van der Waals surface area contributed by atoms with E-state index in [9.17, 15) is 0 Å². The summed E-state index contributed by atoms with van der Waals surface area (Å²) in [6.45, 7) is 8.65. The molecule has 0 radical (unpaired) electrons. The van der Waals surface area contributed by atoms with Gasteiger partial charge in [0.25, 0.3) is 0 Å². The van der Waals surface area contributed by atoms with Gasteiger partial charge in [0.1, 0.15) is 4.99 Å². The maximum Gasteiger partial charge on any atom is 0.129 e. The van der Waals surface area contributed by atoms with E-state index in [0.29, 0.717) is 4.99 Å². The van der Waals surface area contributed by atoms with Crippen molar-refractivity contribution in [3.05, 3.63) is 59.4 Å². The van der Waals surface area contributed by atoms with E-state index in [-0.39, 0.29) is 5.41 Å². The molecule has 0 saturated heterocycles. The second-order valence-corrected chi connectivity index (χ2v) is 6.41. The first-order valence-electron chi connectivity index (χ1n) is 6.71. The van der Waals surface area contributed by atoms with Crippen LogP contribution in [0.25, 0.3) is 0 Å². The van der Waals surface area contributed by atoms with Gasteiger partial charge in [0, 0.05) is 11.9 Å². The molecule has 0 bridgehead atoms. The van der Waals surface area contributed by atoms with Gasteiger partial charge in [-0.15, -0.1) is 0 Å². The maximum atomic E-state index is 5.39. The van der Waals surface area contributed by atoms with Crippen molar-refractivity contribution < 1.29 is 0 Å². The Bertz CT molecular complexity index is 610. The number of hydrogen-bond donors (Lipinski definition) is 1. The summed E-state index contributed by atoms with van der Waals surface area (Å²) >= 11 is 5.39. The number of aromatic nitrogens is 1. The van der Waals surface area contributed by atoms with Crippen LogP contribution < -0.4 is 5.32 Å². The molecule has 2 rings (SSSR count). The maximum absolute atomic E-state index is 5.39. The molecule has 2 nitrogen and oxygen atoms in total. The topological polar surface area (TPSA) is 24.9 Å². The molecular weight excluding hydrogens is 264 g/mol. The molecule has 0 unspecified atom stereocenters. The number of hydrogen-bond acceptors (Lipinski definition) is 2. The van der Waals surface area contributed by atoms with Gasteiger partial charge in [-0.2, -0.15) is 0 Å². The number of aryl methyl sites for hydroxylation is 1. The molecule has 0 fully saturated rings. The summed E-state index contributed by atoms with van der Waals surface area (Å²) in [5, 5.41) is 3.23. The molecule has 20 heavy (non-hydrogen) atoms. The number of pyridine rings is 1. The van der Waals surface area contributed by atoms with Crippen LogP contribution in [0, 0.1) is 6.92 Å². The normalized spacial score (nSPS) is 11.2. The van der Waals surface area contributed by atoms with Crippen LogP contribution in [0.1, 0.15) is 37.6 Å². The average Bonchev–Trinajstić information content (AvgIpc) is 2.38.